The SMILES string of the molecule is CC.CC(=NC(=NC(C)c1ccc(-c2ccc3c(c2)-c2cc(-c4ccc(-c5nc(-c6ccc(C)cc6)nc(-c6ccc(C)cc6)n5)cc4)ccc2C3(C)C)cc1)c1ccc(C)cc1)c1ccc(C)cc1. The molecule has 0 saturated carbocycles. The minimum atomic E-state index is -0.124. The third kappa shape index (κ3) is 9.84. The molecule has 9 aromatic rings. The van der Waals surface area contributed by atoms with Gasteiger partial charge in [0, 0.05) is 33.4 Å². The second kappa shape index (κ2) is 20.0. The van der Waals surface area contributed by atoms with Crippen LogP contribution in [0.25, 0.3) is 67.5 Å². The molecule has 10 rings (SSSR count). The van der Waals surface area contributed by atoms with Crippen molar-refractivity contribution in [1.82, 2.24) is 15.0 Å². The van der Waals surface area contributed by atoms with Crippen molar-refractivity contribution in [2.24, 2.45) is 9.98 Å². The van der Waals surface area contributed by atoms with Crippen LogP contribution in [0.15, 0.2) is 192 Å². The van der Waals surface area contributed by atoms with E-state index < -0.39 is 0 Å². The molecule has 346 valence electrons. The van der Waals surface area contributed by atoms with E-state index in [0.29, 0.717) is 17.5 Å². The van der Waals surface area contributed by atoms with Gasteiger partial charge in [-0.15, -0.1) is 0 Å². The fourth-order valence-electron chi connectivity index (χ4n) is 9.21. The highest BCUT2D eigenvalue weighted by atomic mass is 15.0. The van der Waals surface area contributed by atoms with Gasteiger partial charge in [0.1, 0.15) is 0 Å². The van der Waals surface area contributed by atoms with Crippen LogP contribution >= 0.6 is 0 Å². The Labute approximate surface area is 414 Å². The van der Waals surface area contributed by atoms with Crippen LogP contribution in [0.2, 0.25) is 0 Å². The lowest BCUT2D eigenvalue weighted by molar-refractivity contribution is 0.660. The van der Waals surface area contributed by atoms with Crippen molar-refractivity contribution in [2.75, 3.05) is 0 Å². The zero-order chi connectivity index (χ0) is 49.1. The molecule has 0 amide bonds. The Bertz CT molecular complexity index is 3300. The fourth-order valence-corrected chi connectivity index (χ4v) is 9.21. The van der Waals surface area contributed by atoms with Gasteiger partial charge in [-0.25, -0.2) is 19.9 Å². The topological polar surface area (TPSA) is 63.4 Å². The minimum absolute atomic E-state index is 0.0976. The van der Waals surface area contributed by atoms with Crippen LogP contribution in [0.5, 0.6) is 0 Å². The Kier molecular flexibility index (Phi) is 13.5. The van der Waals surface area contributed by atoms with Crippen molar-refractivity contribution in [2.45, 2.75) is 80.7 Å². The van der Waals surface area contributed by atoms with E-state index >= 15 is 0 Å². The Balaban J connectivity index is 0.00000300. The third-order valence-corrected chi connectivity index (χ3v) is 13.5. The van der Waals surface area contributed by atoms with Crippen LogP contribution in [0.1, 0.15) is 97.7 Å². The number of hydrogen-bond donors (Lipinski definition) is 0. The lowest BCUT2D eigenvalue weighted by atomic mass is 9.82. The number of aliphatic imine (C=N–C) groups is 2. The Hall–Kier alpha value is -7.89. The highest BCUT2D eigenvalue weighted by Gasteiger charge is 2.35. The van der Waals surface area contributed by atoms with Gasteiger partial charge in [-0.1, -0.05) is 220 Å². The molecule has 8 aromatic carbocycles. The highest BCUT2D eigenvalue weighted by molar-refractivity contribution is 6.11. The molecule has 1 atom stereocenters. The Morgan fingerprint density at radius 2 is 0.743 bits per heavy atom. The van der Waals surface area contributed by atoms with Crippen molar-refractivity contribution < 1.29 is 0 Å². The summed E-state index contributed by atoms with van der Waals surface area (Å²) >= 11 is 0. The maximum atomic E-state index is 5.23. The first-order chi connectivity index (χ1) is 33.9. The fraction of sp³-hybridized carbons (Fsp3) is 0.185. The molecule has 1 unspecified atom stereocenters. The van der Waals surface area contributed by atoms with Gasteiger partial charge in [-0.05, 0) is 109 Å². The second-order valence-corrected chi connectivity index (χ2v) is 18.9. The molecular weight excluding hydrogens is 851 g/mol. The second-order valence-electron chi connectivity index (χ2n) is 18.9. The first-order valence-electron chi connectivity index (χ1n) is 24.5. The van der Waals surface area contributed by atoms with E-state index in [9.17, 15) is 0 Å². The molecule has 0 saturated heterocycles. The number of aromatic nitrogens is 3. The van der Waals surface area contributed by atoms with Gasteiger partial charge in [0.15, 0.2) is 23.3 Å². The first-order valence-corrected chi connectivity index (χ1v) is 24.5. The number of fused-ring (bicyclic) bond motifs is 3. The number of nitrogens with zero attached hydrogens (tertiary/aromatic N) is 5. The summed E-state index contributed by atoms with van der Waals surface area (Å²) < 4.78 is 0. The molecule has 0 spiro atoms. The third-order valence-electron chi connectivity index (χ3n) is 13.5. The van der Waals surface area contributed by atoms with Gasteiger partial charge in [-0.2, -0.15) is 0 Å². The van der Waals surface area contributed by atoms with Crippen molar-refractivity contribution in [3.63, 3.8) is 0 Å². The lowest BCUT2D eigenvalue weighted by Gasteiger charge is -2.21. The van der Waals surface area contributed by atoms with Crippen molar-refractivity contribution in [1.29, 1.82) is 0 Å². The number of aryl methyl sites for hydroxylation is 4. The predicted octanol–water partition coefficient (Wildman–Crippen LogP) is 16.8. The van der Waals surface area contributed by atoms with E-state index in [1.54, 1.807) is 0 Å². The summed E-state index contributed by atoms with van der Waals surface area (Å²) in [5, 5.41) is 0. The van der Waals surface area contributed by atoms with Crippen molar-refractivity contribution in [3.8, 4) is 67.5 Å². The molecule has 0 aliphatic heterocycles. The zero-order valence-electron chi connectivity index (χ0n) is 42.1. The molecule has 0 bridgehead atoms. The van der Waals surface area contributed by atoms with E-state index in [-0.39, 0.29) is 11.5 Å². The average molecular weight is 912 g/mol. The quantitative estimate of drug-likeness (QED) is 0.107. The Morgan fingerprint density at radius 1 is 0.414 bits per heavy atom. The van der Waals surface area contributed by atoms with E-state index in [2.05, 4.69) is 237 Å². The van der Waals surface area contributed by atoms with Crippen LogP contribution in [-0.4, -0.2) is 26.5 Å². The molecule has 0 radical (unpaired) electrons. The van der Waals surface area contributed by atoms with Gasteiger partial charge >= 0.3 is 0 Å². The number of hydrogen-bond acceptors (Lipinski definition) is 4. The Morgan fingerprint density at radius 3 is 1.16 bits per heavy atom. The van der Waals surface area contributed by atoms with Gasteiger partial charge in [0.2, 0.25) is 0 Å². The van der Waals surface area contributed by atoms with E-state index in [4.69, 9.17) is 24.9 Å². The van der Waals surface area contributed by atoms with Crippen LogP contribution in [0.3, 0.4) is 0 Å². The maximum absolute atomic E-state index is 5.23. The maximum Gasteiger partial charge on any atom is 0.164 e. The molecule has 1 heterocycles. The molecular formula is C65H61N5. The zero-order valence-corrected chi connectivity index (χ0v) is 42.1. The van der Waals surface area contributed by atoms with Crippen molar-refractivity contribution in [3.05, 3.63) is 232 Å². The monoisotopic (exact) mass is 911 g/mol. The molecule has 5 nitrogen and oxygen atoms in total. The van der Waals surface area contributed by atoms with Gasteiger partial charge in [0.25, 0.3) is 0 Å². The van der Waals surface area contributed by atoms with Crippen LogP contribution in [0.4, 0.5) is 0 Å². The summed E-state index contributed by atoms with van der Waals surface area (Å²) in [7, 11) is 0. The van der Waals surface area contributed by atoms with Crippen LogP contribution in [0, 0.1) is 27.7 Å². The summed E-state index contributed by atoms with van der Waals surface area (Å²) in [6.07, 6.45) is 0. The van der Waals surface area contributed by atoms with Crippen molar-refractivity contribution >= 4 is 11.5 Å². The minimum Gasteiger partial charge on any atom is -0.258 e. The largest absolute Gasteiger partial charge is 0.258 e. The normalized spacial score (nSPS) is 13.2. The molecule has 70 heavy (non-hydrogen) atoms. The van der Waals surface area contributed by atoms with E-state index in [0.717, 1.165) is 50.5 Å². The summed E-state index contributed by atoms with van der Waals surface area (Å²) in [6.45, 7) is 21.3. The first kappa shape index (κ1) is 47.2. The number of rotatable bonds is 9. The number of benzene rings is 8. The smallest absolute Gasteiger partial charge is 0.164 e. The predicted molar refractivity (Wildman–Crippen MR) is 295 cm³/mol. The van der Waals surface area contributed by atoms with E-state index in [1.807, 2.05) is 13.8 Å². The average Bonchev–Trinajstić information content (AvgIpc) is 3.61. The molecule has 5 heteroatoms. The summed E-state index contributed by atoms with van der Waals surface area (Å²) in [5.41, 5.74) is 21.7. The lowest BCUT2D eigenvalue weighted by Crippen LogP contribution is -2.14. The molecule has 1 aliphatic carbocycles. The molecule has 0 fully saturated rings. The van der Waals surface area contributed by atoms with Gasteiger partial charge in [-0.3, -0.25) is 4.99 Å². The molecule has 1 aromatic heterocycles. The molecule has 1 aliphatic rings. The summed E-state index contributed by atoms with van der Waals surface area (Å²) in [5.74, 6) is 2.70. The summed E-state index contributed by atoms with van der Waals surface area (Å²) in [4.78, 5) is 25.3. The number of amidine groups is 1. The molecule has 0 N–H and O–H groups in total. The van der Waals surface area contributed by atoms with E-state index in [1.165, 1.54) is 61.2 Å². The van der Waals surface area contributed by atoms with Gasteiger partial charge < -0.3 is 0 Å². The highest BCUT2D eigenvalue weighted by Crippen LogP contribution is 2.50. The van der Waals surface area contributed by atoms with Crippen LogP contribution < -0.4 is 0 Å². The van der Waals surface area contributed by atoms with Gasteiger partial charge in [0.05, 0.1) is 6.04 Å². The standard InChI is InChI=1S/C63H55N5.C2H6/c1-39-9-17-45(18-10-39)43(5)64-59(49-19-11-40(2)12-20-49)65-44(6)46-25-27-47(28-26-46)53-33-35-57-55(37-53)56-38-54(34-36-58(56)63(57,7)8)48-29-31-52(32-30-48)62-67-60(50-21-13-41(3)14-22-50)66-61(68-62)51-23-15-42(4)16-24-51;1-2/h9-38,44H,1-8H3;1-2H3. The van der Waals surface area contributed by atoms with Crippen LogP contribution in [-0.2, 0) is 5.41 Å². The summed E-state index contributed by atoms with van der Waals surface area (Å²) in [6, 6.07) is 65.0.